The lowest BCUT2D eigenvalue weighted by Crippen LogP contribution is -2.46. The lowest BCUT2D eigenvalue weighted by atomic mass is 9.89. The summed E-state index contributed by atoms with van der Waals surface area (Å²) in [6, 6.07) is 8.26. The molecule has 1 unspecified atom stereocenters. The van der Waals surface area contributed by atoms with Crippen molar-refractivity contribution in [1.82, 2.24) is 0 Å². The van der Waals surface area contributed by atoms with Crippen molar-refractivity contribution in [2.45, 2.75) is 56.6 Å². The Morgan fingerprint density at radius 1 is 1.21 bits per heavy atom. The molecule has 1 saturated carbocycles. The van der Waals surface area contributed by atoms with Gasteiger partial charge in [-0.2, -0.15) is 0 Å². The molecule has 0 spiro atoms. The normalized spacial score (nSPS) is 24.8. The Bertz CT molecular complexity index is 477. The van der Waals surface area contributed by atoms with Gasteiger partial charge in [0.2, 0.25) is 0 Å². The minimum Gasteiger partial charge on any atom is -0.456 e. The number of carbonyl (C=O) groups excluding carboxylic acids is 1. The smallest absolute Gasteiger partial charge is 0.326 e. The van der Waals surface area contributed by atoms with Crippen LogP contribution in [-0.2, 0) is 16.0 Å². The SMILES string of the molecule is NC1(C(=O)OC2CCCc3ccccc32)CCCC1. The van der Waals surface area contributed by atoms with Crippen LogP contribution in [0.15, 0.2) is 24.3 Å². The number of hydrogen-bond acceptors (Lipinski definition) is 3. The van der Waals surface area contributed by atoms with Gasteiger partial charge in [0.25, 0.3) is 0 Å². The van der Waals surface area contributed by atoms with Crippen molar-refractivity contribution in [1.29, 1.82) is 0 Å². The van der Waals surface area contributed by atoms with E-state index in [1.165, 1.54) is 11.1 Å². The Kier molecular flexibility index (Phi) is 3.31. The standard InChI is InChI=1S/C16H21NO2/c17-16(10-3-4-11-16)15(18)19-14-9-5-7-12-6-1-2-8-13(12)14/h1-2,6,8,14H,3-5,7,9-11,17H2. The monoisotopic (exact) mass is 259 g/mol. The second-order valence-electron chi connectivity index (χ2n) is 5.85. The molecule has 2 aliphatic carbocycles. The summed E-state index contributed by atoms with van der Waals surface area (Å²) < 4.78 is 5.74. The molecule has 3 heteroatoms. The van der Waals surface area contributed by atoms with Gasteiger partial charge in [-0.3, -0.25) is 4.79 Å². The fourth-order valence-corrected chi connectivity index (χ4v) is 3.29. The maximum Gasteiger partial charge on any atom is 0.326 e. The maximum atomic E-state index is 12.3. The fourth-order valence-electron chi connectivity index (χ4n) is 3.29. The first-order chi connectivity index (χ1) is 9.19. The van der Waals surface area contributed by atoms with E-state index in [1.54, 1.807) is 0 Å². The van der Waals surface area contributed by atoms with E-state index < -0.39 is 5.54 Å². The highest BCUT2D eigenvalue weighted by molar-refractivity contribution is 5.81. The Morgan fingerprint density at radius 3 is 2.74 bits per heavy atom. The second-order valence-corrected chi connectivity index (χ2v) is 5.85. The third kappa shape index (κ3) is 2.39. The van der Waals surface area contributed by atoms with E-state index in [0.717, 1.165) is 44.9 Å². The van der Waals surface area contributed by atoms with Gasteiger partial charge in [0.05, 0.1) is 0 Å². The predicted molar refractivity (Wildman–Crippen MR) is 73.6 cm³/mol. The number of fused-ring (bicyclic) bond motifs is 1. The molecule has 2 aliphatic rings. The molecule has 0 amide bonds. The van der Waals surface area contributed by atoms with Crippen LogP contribution < -0.4 is 5.73 Å². The number of benzene rings is 1. The molecular weight excluding hydrogens is 238 g/mol. The molecule has 2 N–H and O–H groups in total. The van der Waals surface area contributed by atoms with E-state index in [-0.39, 0.29) is 12.1 Å². The summed E-state index contributed by atoms with van der Waals surface area (Å²) in [6.07, 6.45) is 6.57. The molecule has 0 aliphatic heterocycles. The summed E-state index contributed by atoms with van der Waals surface area (Å²) in [5, 5.41) is 0. The largest absolute Gasteiger partial charge is 0.456 e. The molecule has 0 saturated heterocycles. The molecular formula is C16H21NO2. The Labute approximate surface area is 114 Å². The molecule has 102 valence electrons. The average molecular weight is 259 g/mol. The molecule has 3 nitrogen and oxygen atoms in total. The quantitative estimate of drug-likeness (QED) is 0.831. The van der Waals surface area contributed by atoms with Gasteiger partial charge in [-0.1, -0.05) is 37.1 Å². The molecule has 0 heterocycles. The maximum absolute atomic E-state index is 12.3. The van der Waals surface area contributed by atoms with Gasteiger partial charge in [0.15, 0.2) is 0 Å². The first kappa shape index (κ1) is 12.7. The van der Waals surface area contributed by atoms with Gasteiger partial charge in [-0.05, 0) is 43.2 Å². The summed E-state index contributed by atoms with van der Waals surface area (Å²) in [5.74, 6) is -0.202. The predicted octanol–water partition coefficient (Wildman–Crippen LogP) is 2.88. The highest BCUT2D eigenvalue weighted by Crippen LogP contribution is 2.35. The van der Waals surface area contributed by atoms with Crippen molar-refractivity contribution < 1.29 is 9.53 Å². The van der Waals surface area contributed by atoms with Gasteiger partial charge in [0.1, 0.15) is 11.6 Å². The lowest BCUT2D eigenvalue weighted by molar-refractivity contribution is -0.156. The minimum atomic E-state index is -0.730. The van der Waals surface area contributed by atoms with Gasteiger partial charge in [-0.25, -0.2) is 0 Å². The van der Waals surface area contributed by atoms with Crippen molar-refractivity contribution >= 4 is 5.97 Å². The average Bonchev–Trinajstić information content (AvgIpc) is 2.87. The number of rotatable bonds is 2. The first-order valence-electron chi connectivity index (χ1n) is 7.27. The van der Waals surface area contributed by atoms with Crippen molar-refractivity contribution in [3.8, 4) is 0 Å². The van der Waals surface area contributed by atoms with E-state index in [0.29, 0.717) is 0 Å². The summed E-state index contributed by atoms with van der Waals surface area (Å²) in [6.45, 7) is 0. The van der Waals surface area contributed by atoms with Crippen LogP contribution in [0.5, 0.6) is 0 Å². The van der Waals surface area contributed by atoms with Crippen molar-refractivity contribution in [3.05, 3.63) is 35.4 Å². The van der Waals surface area contributed by atoms with Crippen LogP contribution in [0, 0.1) is 0 Å². The molecule has 0 radical (unpaired) electrons. The number of hydrogen-bond donors (Lipinski definition) is 1. The zero-order valence-electron chi connectivity index (χ0n) is 11.2. The Balaban J connectivity index is 1.76. The highest BCUT2D eigenvalue weighted by Gasteiger charge is 2.40. The Hall–Kier alpha value is -1.35. The van der Waals surface area contributed by atoms with Crippen LogP contribution in [0.4, 0.5) is 0 Å². The molecule has 1 fully saturated rings. The second kappa shape index (κ2) is 4.97. The molecule has 1 aromatic rings. The van der Waals surface area contributed by atoms with Crippen LogP contribution in [-0.4, -0.2) is 11.5 Å². The number of aryl methyl sites for hydroxylation is 1. The van der Waals surface area contributed by atoms with E-state index in [2.05, 4.69) is 12.1 Å². The molecule has 3 rings (SSSR count). The van der Waals surface area contributed by atoms with Crippen LogP contribution >= 0.6 is 0 Å². The summed E-state index contributed by atoms with van der Waals surface area (Å²) in [5.41, 5.74) is 7.91. The summed E-state index contributed by atoms with van der Waals surface area (Å²) in [7, 11) is 0. The zero-order chi connectivity index (χ0) is 13.3. The van der Waals surface area contributed by atoms with Gasteiger partial charge >= 0.3 is 5.97 Å². The number of carbonyl (C=O) groups is 1. The number of nitrogens with two attached hydrogens (primary N) is 1. The molecule has 0 aromatic heterocycles. The topological polar surface area (TPSA) is 52.3 Å². The van der Waals surface area contributed by atoms with E-state index in [4.69, 9.17) is 10.5 Å². The third-order valence-corrected chi connectivity index (χ3v) is 4.47. The van der Waals surface area contributed by atoms with Gasteiger partial charge in [-0.15, -0.1) is 0 Å². The minimum absolute atomic E-state index is 0.0986. The number of ether oxygens (including phenoxy) is 1. The van der Waals surface area contributed by atoms with Crippen LogP contribution in [0.2, 0.25) is 0 Å². The zero-order valence-corrected chi connectivity index (χ0v) is 11.2. The summed E-state index contributed by atoms with van der Waals surface area (Å²) >= 11 is 0. The van der Waals surface area contributed by atoms with Gasteiger partial charge in [0, 0.05) is 0 Å². The van der Waals surface area contributed by atoms with Crippen molar-refractivity contribution in [2.24, 2.45) is 5.73 Å². The highest BCUT2D eigenvalue weighted by atomic mass is 16.5. The Morgan fingerprint density at radius 2 is 1.95 bits per heavy atom. The fraction of sp³-hybridized carbons (Fsp3) is 0.562. The van der Waals surface area contributed by atoms with Gasteiger partial charge < -0.3 is 10.5 Å². The summed E-state index contributed by atoms with van der Waals surface area (Å²) in [4.78, 5) is 12.3. The molecule has 19 heavy (non-hydrogen) atoms. The van der Waals surface area contributed by atoms with E-state index in [9.17, 15) is 4.79 Å². The van der Waals surface area contributed by atoms with Crippen molar-refractivity contribution in [2.75, 3.05) is 0 Å². The number of esters is 1. The van der Waals surface area contributed by atoms with Crippen LogP contribution in [0.25, 0.3) is 0 Å². The van der Waals surface area contributed by atoms with E-state index >= 15 is 0 Å². The van der Waals surface area contributed by atoms with Crippen LogP contribution in [0.1, 0.15) is 55.8 Å². The van der Waals surface area contributed by atoms with Crippen molar-refractivity contribution in [3.63, 3.8) is 0 Å². The van der Waals surface area contributed by atoms with Crippen LogP contribution in [0.3, 0.4) is 0 Å². The lowest BCUT2D eigenvalue weighted by Gasteiger charge is -2.29. The third-order valence-electron chi connectivity index (χ3n) is 4.47. The van der Waals surface area contributed by atoms with E-state index in [1.807, 2.05) is 12.1 Å². The first-order valence-corrected chi connectivity index (χ1v) is 7.27. The molecule has 1 aromatic carbocycles. The molecule has 0 bridgehead atoms. The molecule has 1 atom stereocenters.